The van der Waals surface area contributed by atoms with Crippen LogP contribution >= 0.6 is 0 Å². The van der Waals surface area contributed by atoms with Crippen LogP contribution in [0.1, 0.15) is 6.85 Å². The minimum atomic E-state index is -0.485. The van der Waals surface area contributed by atoms with E-state index < -0.39 is 18.1 Å². The van der Waals surface area contributed by atoms with Gasteiger partial charge in [0.15, 0.2) is 17.5 Å². The van der Waals surface area contributed by atoms with E-state index >= 15 is 0 Å². The fourth-order valence-electron chi connectivity index (χ4n) is 7.25. The van der Waals surface area contributed by atoms with Gasteiger partial charge in [0, 0.05) is 49.3 Å². The van der Waals surface area contributed by atoms with E-state index in [1.54, 1.807) is 0 Å². The standard InChI is InChI=1S/C45H26N4O2/c1-3-11-27(12-4-1)43-46-44(28-13-5-2-6-14-28)48-45(47-43)29-19-21-32-35-26-30(20-24-39(35)50-40(32)25-29)49-36-17-9-7-16-34(36)41-37(49)23-22-33-31-15-8-10-18-38(31)51-42(33)41/h1-26H/i1D,3D,4D,11D,12D. The molecule has 4 aromatic heterocycles. The molecule has 51 heavy (non-hydrogen) atoms. The Kier molecular flexibility index (Phi) is 4.91. The van der Waals surface area contributed by atoms with Crippen molar-refractivity contribution in [2.24, 2.45) is 0 Å². The zero-order valence-corrected chi connectivity index (χ0v) is 26.7. The monoisotopic (exact) mass is 659 g/mol. The number of para-hydroxylation sites is 2. The minimum absolute atomic E-state index is 0.0219. The lowest BCUT2D eigenvalue weighted by molar-refractivity contribution is 0.669. The molecular weight excluding hydrogens is 629 g/mol. The van der Waals surface area contributed by atoms with Gasteiger partial charge in [-0.1, -0.05) is 103 Å². The molecule has 0 saturated heterocycles. The molecule has 0 unspecified atom stereocenters. The van der Waals surface area contributed by atoms with E-state index in [0.717, 1.165) is 60.2 Å². The molecule has 0 aliphatic heterocycles. The average molecular weight is 660 g/mol. The van der Waals surface area contributed by atoms with Gasteiger partial charge in [0.1, 0.15) is 22.3 Å². The number of hydrogen-bond donors (Lipinski definition) is 0. The first-order chi connectivity index (χ1) is 27.3. The van der Waals surface area contributed by atoms with Crippen LogP contribution in [0.5, 0.6) is 0 Å². The van der Waals surface area contributed by atoms with Gasteiger partial charge in [-0.15, -0.1) is 0 Å². The Hall–Kier alpha value is -7.05. The molecule has 0 atom stereocenters. The van der Waals surface area contributed by atoms with E-state index in [4.69, 9.17) is 25.7 Å². The Balaban J connectivity index is 1.08. The Morgan fingerprint density at radius 3 is 2.00 bits per heavy atom. The zero-order valence-electron chi connectivity index (χ0n) is 31.7. The SMILES string of the molecule is [2H]c1c([2H])c([2H])c(-c2nc(-c3ccccc3)nc(-c3ccc4c(c3)oc3ccc(-n5c6ccccc6c6c7oc8ccccc8c7ccc65)cc34)n2)c([2H])c1[2H]. The predicted octanol–water partition coefficient (Wildman–Crippen LogP) is 11.8. The molecule has 11 aromatic rings. The predicted molar refractivity (Wildman–Crippen MR) is 205 cm³/mol. The van der Waals surface area contributed by atoms with E-state index in [1.807, 2.05) is 72.8 Å². The average Bonchev–Trinajstić information content (AvgIpc) is 3.91. The smallest absolute Gasteiger partial charge is 0.164 e. The highest BCUT2D eigenvalue weighted by molar-refractivity contribution is 6.24. The third-order valence-corrected chi connectivity index (χ3v) is 9.54. The van der Waals surface area contributed by atoms with E-state index in [0.29, 0.717) is 28.1 Å². The molecule has 0 spiro atoms. The molecule has 0 N–H and O–H groups in total. The summed E-state index contributed by atoms with van der Waals surface area (Å²) in [6.45, 7) is 0. The Bertz CT molecular complexity index is 3420. The summed E-state index contributed by atoms with van der Waals surface area (Å²) >= 11 is 0. The summed E-state index contributed by atoms with van der Waals surface area (Å²) in [6, 6.07) is 39.8. The highest BCUT2D eigenvalue weighted by Crippen LogP contribution is 2.41. The number of fused-ring (bicyclic) bond motifs is 10. The molecule has 0 fully saturated rings. The van der Waals surface area contributed by atoms with Crippen LogP contribution in [0.2, 0.25) is 0 Å². The van der Waals surface area contributed by atoms with Gasteiger partial charge >= 0.3 is 0 Å². The maximum atomic E-state index is 8.62. The fraction of sp³-hybridized carbons (Fsp3) is 0. The highest BCUT2D eigenvalue weighted by atomic mass is 16.3. The molecule has 0 saturated carbocycles. The van der Waals surface area contributed by atoms with Crippen LogP contribution in [0.25, 0.3) is 106 Å². The number of hydrogen-bond acceptors (Lipinski definition) is 5. The van der Waals surface area contributed by atoms with Gasteiger partial charge < -0.3 is 13.4 Å². The van der Waals surface area contributed by atoms with Gasteiger partial charge in [-0.2, -0.15) is 0 Å². The number of nitrogens with zero attached hydrogens (tertiary/aromatic N) is 4. The number of rotatable bonds is 4. The lowest BCUT2D eigenvalue weighted by atomic mass is 10.1. The van der Waals surface area contributed by atoms with E-state index in [-0.39, 0.29) is 29.3 Å². The van der Waals surface area contributed by atoms with E-state index in [2.05, 4.69) is 64.1 Å². The quantitative estimate of drug-likeness (QED) is 0.188. The van der Waals surface area contributed by atoms with Crippen molar-refractivity contribution in [3.8, 4) is 39.9 Å². The minimum Gasteiger partial charge on any atom is -0.456 e. The van der Waals surface area contributed by atoms with Crippen molar-refractivity contribution in [3.05, 3.63) is 158 Å². The molecule has 0 aliphatic rings. The fourth-order valence-corrected chi connectivity index (χ4v) is 7.25. The first-order valence-corrected chi connectivity index (χ1v) is 16.5. The van der Waals surface area contributed by atoms with E-state index in [1.165, 1.54) is 0 Å². The second-order valence-corrected chi connectivity index (χ2v) is 12.5. The second-order valence-electron chi connectivity index (χ2n) is 12.5. The van der Waals surface area contributed by atoms with Crippen molar-refractivity contribution in [2.45, 2.75) is 0 Å². The third-order valence-electron chi connectivity index (χ3n) is 9.54. The van der Waals surface area contributed by atoms with Gasteiger partial charge in [0.05, 0.1) is 23.3 Å². The van der Waals surface area contributed by atoms with Crippen LogP contribution in [0.4, 0.5) is 0 Å². The number of aromatic nitrogens is 4. The van der Waals surface area contributed by atoms with Crippen molar-refractivity contribution >= 4 is 65.7 Å². The Labute approximate surface area is 297 Å². The van der Waals surface area contributed by atoms with Gasteiger partial charge in [-0.3, -0.25) is 0 Å². The lowest BCUT2D eigenvalue weighted by Gasteiger charge is -2.08. The molecule has 238 valence electrons. The zero-order chi connectivity index (χ0) is 37.8. The molecule has 6 heteroatoms. The first-order valence-electron chi connectivity index (χ1n) is 19.0. The summed E-state index contributed by atoms with van der Waals surface area (Å²) in [4.78, 5) is 14.1. The molecule has 6 nitrogen and oxygen atoms in total. The van der Waals surface area contributed by atoms with Crippen LogP contribution < -0.4 is 0 Å². The summed E-state index contributed by atoms with van der Waals surface area (Å²) in [5.41, 5.74) is 7.32. The van der Waals surface area contributed by atoms with Gasteiger partial charge in [-0.05, 0) is 54.6 Å². The number of furan rings is 2. The molecule has 11 rings (SSSR count). The summed E-state index contributed by atoms with van der Waals surface area (Å²) in [5, 5.41) is 6.16. The molecule has 4 heterocycles. The molecule has 0 aliphatic carbocycles. The summed E-state index contributed by atoms with van der Waals surface area (Å²) < 4.78 is 57.0. The van der Waals surface area contributed by atoms with Crippen LogP contribution in [0.3, 0.4) is 0 Å². The van der Waals surface area contributed by atoms with Crippen molar-refractivity contribution in [1.29, 1.82) is 0 Å². The highest BCUT2D eigenvalue weighted by Gasteiger charge is 2.20. The molecule has 0 bridgehead atoms. The summed E-state index contributed by atoms with van der Waals surface area (Å²) in [7, 11) is 0. The van der Waals surface area contributed by atoms with Crippen molar-refractivity contribution in [1.82, 2.24) is 19.5 Å². The number of benzene rings is 7. The maximum Gasteiger partial charge on any atom is 0.164 e. The maximum absolute atomic E-state index is 8.62. The second kappa shape index (κ2) is 10.7. The van der Waals surface area contributed by atoms with Crippen LogP contribution in [-0.2, 0) is 0 Å². The topological polar surface area (TPSA) is 69.9 Å². The normalized spacial score (nSPS) is 13.3. The van der Waals surface area contributed by atoms with Crippen LogP contribution in [0, 0.1) is 0 Å². The van der Waals surface area contributed by atoms with Gasteiger partial charge in [0.2, 0.25) is 0 Å². The lowest BCUT2D eigenvalue weighted by Crippen LogP contribution is -2.00. The van der Waals surface area contributed by atoms with E-state index in [9.17, 15) is 0 Å². The van der Waals surface area contributed by atoms with Crippen LogP contribution in [0.15, 0.2) is 166 Å². The molecular formula is C45H26N4O2. The van der Waals surface area contributed by atoms with Crippen molar-refractivity contribution in [3.63, 3.8) is 0 Å². The van der Waals surface area contributed by atoms with Gasteiger partial charge in [-0.25, -0.2) is 15.0 Å². The molecule has 0 amide bonds. The Morgan fingerprint density at radius 1 is 0.451 bits per heavy atom. The largest absolute Gasteiger partial charge is 0.456 e. The third kappa shape index (κ3) is 4.26. The van der Waals surface area contributed by atoms with Crippen LogP contribution in [-0.4, -0.2) is 19.5 Å². The summed E-state index contributed by atoms with van der Waals surface area (Å²) in [5.74, 6) is 0.551. The molecule has 0 radical (unpaired) electrons. The van der Waals surface area contributed by atoms with Crippen molar-refractivity contribution < 1.29 is 15.7 Å². The Morgan fingerprint density at radius 2 is 1.14 bits per heavy atom. The van der Waals surface area contributed by atoms with Gasteiger partial charge in [0.25, 0.3) is 0 Å². The first kappa shape index (κ1) is 23.3. The summed E-state index contributed by atoms with van der Waals surface area (Å²) in [6.07, 6.45) is 0. The van der Waals surface area contributed by atoms with Crippen molar-refractivity contribution in [2.75, 3.05) is 0 Å². The molecule has 7 aromatic carbocycles.